The minimum absolute atomic E-state index is 0.117. The number of phenols is 1. The van der Waals surface area contributed by atoms with Gasteiger partial charge in [0.25, 0.3) is 0 Å². The highest BCUT2D eigenvalue weighted by Gasteiger charge is 2.45. The Balaban J connectivity index is 1.72. The van der Waals surface area contributed by atoms with E-state index in [1.807, 2.05) is 0 Å². The minimum atomic E-state index is -2.35. The normalized spacial score (nSPS) is 28.8. The number of carbonyl (C=O) groups is 9. The van der Waals surface area contributed by atoms with E-state index < -0.39 is 163 Å². The van der Waals surface area contributed by atoms with Crippen LogP contribution in [-0.4, -0.2) is 157 Å². The Morgan fingerprint density at radius 2 is 1.54 bits per heavy atom. The van der Waals surface area contributed by atoms with Gasteiger partial charge in [0.05, 0.1) is 37.2 Å². The molecular formula is C39H54N10O13S. The minimum Gasteiger partial charge on any atom is -0.610 e. The number of aromatic hydroxyl groups is 1. The van der Waals surface area contributed by atoms with Crippen molar-refractivity contribution in [3.05, 3.63) is 23.8 Å². The van der Waals surface area contributed by atoms with Gasteiger partial charge in [0.2, 0.25) is 58.2 Å². The summed E-state index contributed by atoms with van der Waals surface area (Å²) >= 11 is -2.35. The van der Waals surface area contributed by atoms with Crippen molar-refractivity contribution in [1.29, 1.82) is 0 Å². The molecule has 9 amide bonds. The van der Waals surface area contributed by atoms with Gasteiger partial charge in [-0.1, -0.05) is 27.2 Å². The third-order valence-electron chi connectivity index (χ3n) is 11.5. The van der Waals surface area contributed by atoms with E-state index in [1.54, 1.807) is 13.8 Å². The molecule has 344 valence electrons. The summed E-state index contributed by atoms with van der Waals surface area (Å²) in [5.74, 6) is -11.4. The van der Waals surface area contributed by atoms with Gasteiger partial charge in [0, 0.05) is 53.5 Å². The van der Waals surface area contributed by atoms with Crippen LogP contribution in [-0.2, 0) is 60.7 Å². The number of H-pyrrole nitrogens is 1. The van der Waals surface area contributed by atoms with Crippen LogP contribution in [0, 0.1) is 11.8 Å². The fraction of sp³-hybridized carbons (Fsp3) is 0.564. The number of nitrogens with zero attached hydrogens (tertiary/aromatic N) is 1. The van der Waals surface area contributed by atoms with Crippen molar-refractivity contribution in [2.45, 2.75) is 107 Å². The van der Waals surface area contributed by atoms with Crippen molar-refractivity contribution in [1.82, 2.24) is 47.1 Å². The molecule has 2 aromatic rings. The largest absolute Gasteiger partial charge is 0.610 e. The second-order valence-electron chi connectivity index (χ2n) is 16.1. The first kappa shape index (κ1) is 48.1. The van der Waals surface area contributed by atoms with Crippen molar-refractivity contribution < 1.29 is 63.0 Å². The zero-order valence-electron chi connectivity index (χ0n) is 35.0. The summed E-state index contributed by atoms with van der Waals surface area (Å²) in [6.07, 6.45) is -3.85. The van der Waals surface area contributed by atoms with Crippen LogP contribution in [0.2, 0.25) is 0 Å². The molecule has 5 rings (SSSR count). The number of nitrogens with one attached hydrogen (secondary N) is 8. The van der Waals surface area contributed by atoms with Gasteiger partial charge in [-0.25, -0.2) is 0 Å². The van der Waals surface area contributed by atoms with Crippen molar-refractivity contribution in [2.24, 2.45) is 17.6 Å². The van der Waals surface area contributed by atoms with Crippen LogP contribution in [0.25, 0.3) is 10.9 Å². The van der Waals surface area contributed by atoms with E-state index >= 15 is 0 Å². The first-order chi connectivity index (χ1) is 29.7. The van der Waals surface area contributed by atoms with Crippen LogP contribution in [0.5, 0.6) is 5.75 Å². The highest BCUT2D eigenvalue weighted by Crippen LogP contribution is 2.31. The zero-order chi connectivity index (χ0) is 46.4. The quantitative estimate of drug-likeness (QED) is 0.121. The maximum atomic E-state index is 14.6. The lowest BCUT2D eigenvalue weighted by atomic mass is 9.94. The Morgan fingerprint density at radius 3 is 2.19 bits per heavy atom. The van der Waals surface area contributed by atoms with E-state index in [9.17, 15) is 63.0 Å². The standard InChI is InChI=1S/C39H54N10O13S/c1-5-16(2)31-36(59)42-12-29(54)43-26-15-63(62)38-22(21-7-6-19(51)8-23(21)46-38)10-24(33(56)41-13-30(55)47-31)44-37(60)32(17(3)18(4)50)48-35(58)27-9-20(52)14-49(27)39(61)25(11-28(40)53)45-34(26)57/h6-8,16-18,20,24-27,31-32,46,50-52H,5,9-15H2,1-4H3,(H2,40,53)(H,41,56)(H,42,59)(H,43,54)(H,44,60)(H,45,57)(H,47,55)(H,48,58)/t16-,17-,18-,20+,24-,25-,26-,27-,31-,32-,63?/m0/s1. The van der Waals surface area contributed by atoms with Gasteiger partial charge in [-0.2, -0.15) is 0 Å². The van der Waals surface area contributed by atoms with Crippen LogP contribution >= 0.6 is 0 Å². The number of nitrogens with two attached hydrogens (primary N) is 1. The van der Waals surface area contributed by atoms with Crippen molar-refractivity contribution in [3.63, 3.8) is 0 Å². The van der Waals surface area contributed by atoms with Gasteiger partial charge < -0.3 is 72.7 Å². The summed E-state index contributed by atoms with van der Waals surface area (Å²) in [5, 5.41) is 49.1. The summed E-state index contributed by atoms with van der Waals surface area (Å²) in [7, 11) is 0. The summed E-state index contributed by atoms with van der Waals surface area (Å²) < 4.78 is 14.6. The molecule has 13 N–H and O–H groups in total. The van der Waals surface area contributed by atoms with E-state index in [-0.39, 0.29) is 28.3 Å². The van der Waals surface area contributed by atoms with Gasteiger partial charge >= 0.3 is 0 Å². The molecule has 63 heavy (non-hydrogen) atoms. The third kappa shape index (κ3) is 11.5. The van der Waals surface area contributed by atoms with Crippen LogP contribution in [0.3, 0.4) is 0 Å². The molecule has 24 heteroatoms. The number of fused-ring (bicyclic) bond motifs is 5. The first-order valence-electron chi connectivity index (χ1n) is 20.4. The Bertz CT molecular complexity index is 2130. The molecule has 11 atom stereocenters. The zero-order valence-corrected chi connectivity index (χ0v) is 35.8. The molecule has 0 aliphatic carbocycles. The number of aliphatic hydroxyl groups excluding tert-OH is 2. The first-order valence-corrected chi connectivity index (χ1v) is 21.7. The second kappa shape index (κ2) is 20.5. The van der Waals surface area contributed by atoms with Crippen molar-refractivity contribution in [3.8, 4) is 5.75 Å². The molecule has 1 fully saturated rings. The van der Waals surface area contributed by atoms with Gasteiger partial charge in [-0.15, -0.1) is 0 Å². The average Bonchev–Trinajstić information content (AvgIpc) is 3.80. The number of hydrogen-bond donors (Lipinski definition) is 12. The fourth-order valence-corrected chi connectivity index (χ4v) is 8.99. The Kier molecular flexibility index (Phi) is 15.6. The van der Waals surface area contributed by atoms with Crippen molar-refractivity contribution >= 4 is 75.2 Å². The van der Waals surface area contributed by atoms with Crippen LogP contribution in [0.1, 0.15) is 52.5 Å². The lowest BCUT2D eigenvalue weighted by molar-refractivity contribution is -0.144. The van der Waals surface area contributed by atoms with Crippen LogP contribution in [0.4, 0.5) is 0 Å². The van der Waals surface area contributed by atoms with Crippen LogP contribution < -0.4 is 43.0 Å². The molecule has 0 radical (unpaired) electrons. The molecule has 1 aromatic heterocycles. The number of amides is 9. The molecular weight excluding hydrogens is 849 g/mol. The Morgan fingerprint density at radius 1 is 0.873 bits per heavy atom. The number of aromatic amines is 1. The van der Waals surface area contributed by atoms with E-state index in [0.29, 0.717) is 11.8 Å². The Labute approximate surface area is 363 Å². The van der Waals surface area contributed by atoms with Gasteiger partial charge in [0.1, 0.15) is 41.7 Å². The van der Waals surface area contributed by atoms with Gasteiger partial charge in [-0.3, -0.25) is 43.2 Å². The molecule has 0 saturated carbocycles. The highest BCUT2D eigenvalue weighted by atomic mass is 32.2. The third-order valence-corrected chi connectivity index (χ3v) is 12.9. The monoisotopic (exact) mass is 902 g/mol. The lowest BCUT2D eigenvalue weighted by Crippen LogP contribution is -2.62. The number of hydrogen-bond acceptors (Lipinski definition) is 13. The number of rotatable bonds is 6. The summed E-state index contributed by atoms with van der Waals surface area (Å²) in [4.78, 5) is 127. The molecule has 0 spiro atoms. The molecule has 2 bridgehead atoms. The molecule has 1 aromatic carbocycles. The number of phenolic OH excluding ortho intramolecular Hbond substituents is 1. The number of primary amides is 1. The van der Waals surface area contributed by atoms with Gasteiger partial charge in [-0.05, 0) is 25.0 Å². The van der Waals surface area contributed by atoms with E-state index in [4.69, 9.17) is 5.73 Å². The SMILES string of the molecule is CC[C@H](C)[C@@H]1NC(=O)CNC(=O)[C@@H]2Cc3c([nH]c4cc(O)ccc34)[S+]([O-])C[C@H](NC(=O)CNC1=O)C(=O)N[C@@H](CC(N)=O)C(=O)N1C[C@H](O)C[C@H]1C(=O)N[C@@H]([C@@H](C)[C@H](C)O)C(=O)N2. The lowest BCUT2D eigenvalue weighted by Gasteiger charge is -2.32. The topological polar surface area (TPSA) is 367 Å². The molecule has 3 aliphatic heterocycles. The van der Waals surface area contributed by atoms with E-state index in [0.717, 1.165) is 4.90 Å². The molecule has 23 nitrogen and oxygen atoms in total. The maximum Gasteiger partial charge on any atom is 0.248 e. The van der Waals surface area contributed by atoms with Crippen LogP contribution in [0.15, 0.2) is 23.2 Å². The molecule has 3 aliphatic rings. The summed E-state index contributed by atoms with van der Waals surface area (Å²) in [6, 6.07) is -5.57. The summed E-state index contributed by atoms with van der Waals surface area (Å²) in [6.45, 7) is 4.23. The fourth-order valence-electron chi connectivity index (χ4n) is 7.59. The number of carbonyl (C=O) groups excluding carboxylic acids is 9. The molecule has 4 heterocycles. The van der Waals surface area contributed by atoms with E-state index in [1.165, 1.54) is 32.0 Å². The molecule has 1 saturated heterocycles. The maximum absolute atomic E-state index is 14.6. The second-order valence-corrected chi connectivity index (χ2v) is 17.6. The number of aromatic nitrogens is 1. The summed E-state index contributed by atoms with van der Waals surface area (Å²) in [5.41, 5.74) is 5.80. The van der Waals surface area contributed by atoms with Crippen molar-refractivity contribution in [2.75, 3.05) is 25.4 Å². The number of aliphatic hydroxyl groups is 2. The van der Waals surface area contributed by atoms with Gasteiger partial charge in [0.15, 0.2) is 6.04 Å². The predicted molar refractivity (Wildman–Crippen MR) is 221 cm³/mol. The van der Waals surface area contributed by atoms with E-state index in [2.05, 4.69) is 42.2 Å². The predicted octanol–water partition coefficient (Wildman–Crippen LogP) is -4.89. The smallest absolute Gasteiger partial charge is 0.248 e. The number of benzene rings is 1. The average molecular weight is 903 g/mol. The molecule has 1 unspecified atom stereocenters. The highest BCUT2D eigenvalue weighted by molar-refractivity contribution is 7.91. The Hall–Kier alpha value is -5.98.